The molecule has 2 aromatic carbocycles. The van der Waals surface area contributed by atoms with E-state index in [1.165, 1.54) is 4.90 Å². The van der Waals surface area contributed by atoms with Gasteiger partial charge in [-0.15, -0.1) is 25.3 Å². The standard InChI is InChI=1S/C14H12N2OS2/c15-14(17)16-12-6-10(18)3-1-8(12)5-9-2-4-11(19)7-13(9)16/h1-4,6-7,18-19H,5H2,(H2,15,17). The molecule has 0 radical (unpaired) electrons. The third-order valence-electron chi connectivity index (χ3n) is 3.22. The molecular weight excluding hydrogens is 276 g/mol. The Hall–Kier alpha value is -1.59. The molecule has 0 aliphatic carbocycles. The van der Waals surface area contributed by atoms with Gasteiger partial charge in [-0.3, -0.25) is 4.90 Å². The number of rotatable bonds is 0. The minimum absolute atomic E-state index is 0.500. The van der Waals surface area contributed by atoms with Gasteiger partial charge >= 0.3 is 6.03 Å². The average molecular weight is 288 g/mol. The third-order valence-corrected chi connectivity index (χ3v) is 3.78. The Kier molecular flexibility index (Phi) is 2.95. The molecule has 0 fully saturated rings. The summed E-state index contributed by atoms with van der Waals surface area (Å²) in [5.41, 5.74) is 9.26. The van der Waals surface area contributed by atoms with Crippen LogP contribution in [0.1, 0.15) is 11.1 Å². The van der Waals surface area contributed by atoms with Crippen LogP contribution in [-0.2, 0) is 6.42 Å². The normalized spacial score (nSPS) is 12.8. The Morgan fingerprint density at radius 2 is 1.47 bits per heavy atom. The lowest BCUT2D eigenvalue weighted by Gasteiger charge is -2.30. The summed E-state index contributed by atoms with van der Waals surface area (Å²) in [4.78, 5) is 14.9. The molecule has 0 atom stereocenters. The largest absolute Gasteiger partial charge is 0.351 e. The van der Waals surface area contributed by atoms with E-state index in [1.54, 1.807) is 0 Å². The minimum atomic E-state index is -0.500. The zero-order valence-corrected chi connectivity index (χ0v) is 11.8. The van der Waals surface area contributed by atoms with E-state index in [0.29, 0.717) is 0 Å². The van der Waals surface area contributed by atoms with E-state index < -0.39 is 6.03 Å². The molecule has 0 saturated heterocycles. The molecule has 0 unspecified atom stereocenters. The number of benzene rings is 2. The van der Waals surface area contributed by atoms with E-state index in [9.17, 15) is 4.79 Å². The molecule has 5 heteroatoms. The van der Waals surface area contributed by atoms with Gasteiger partial charge in [-0.25, -0.2) is 4.79 Å². The molecule has 0 aromatic heterocycles. The molecule has 2 aromatic rings. The Bertz CT molecular complexity index is 634. The van der Waals surface area contributed by atoms with Crippen LogP contribution in [0.3, 0.4) is 0 Å². The monoisotopic (exact) mass is 288 g/mol. The number of nitrogens with two attached hydrogens (primary N) is 1. The van der Waals surface area contributed by atoms with Crippen molar-refractivity contribution in [2.45, 2.75) is 16.2 Å². The van der Waals surface area contributed by atoms with Crippen molar-refractivity contribution in [2.75, 3.05) is 4.90 Å². The summed E-state index contributed by atoms with van der Waals surface area (Å²) < 4.78 is 0. The van der Waals surface area contributed by atoms with E-state index in [1.807, 2.05) is 36.4 Å². The number of carbonyl (C=O) groups excluding carboxylic acids is 1. The summed E-state index contributed by atoms with van der Waals surface area (Å²) >= 11 is 8.65. The van der Waals surface area contributed by atoms with Gasteiger partial charge in [0.15, 0.2) is 0 Å². The fraction of sp³-hybridized carbons (Fsp3) is 0.0714. The second-order valence-corrected chi connectivity index (χ2v) is 5.51. The van der Waals surface area contributed by atoms with Gasteiger partial charge in [0.05, 0.1) is 11.4 Å². The molecule has 1 aliphatic heterocycles. The van der Waals surface area contributed by atoms with Gasteiger partial charge in [-0.2, -0.15) is 0 Å². The molecule has 0 bridgehead atoms. The van der Waals surface area contributed by atoms with Crippen LogP contribution in [-0.4, -0.2) is 6.03 Å². The highest BCUT2D eigenvalue weighted by atomic mass is 32.1. The highest BCUT2D eigenvalue weighted by Gasteiger charge is 2.26. The fourth-order valence-corrected chi connectivity index (χ4v) is 2.79. The highest BCUT2D eigenvalue weighted by Crippen LogP contribution is 2.40. The highest BCUT2D eigenvalue weighted by molar-refractivity contribution is 7.80. The first-order chi connectivity index (χ1) is 9.06. The molecule has 0 saturated carbocycles. The summed E-state index contributed by atoms with van der Waals surface area (Å²) in [5, 5.41) is 0. The van der Waals surface area contributed by atoms with Crippen molar-refractivity contribution in [3.63, 3.8) is 0 Å². The van der Waals surface area contributed by atoms with Gasteiger partial charge in [-0.1, -0.05) is 12.1 Å². The lowest BCUT2D eigenvalue weighted by atomic mass is 9.96. The predicted molar refractivity (Wildman–Crippen MR) is 81.9 cm³/mol. The summed E-state index contributed by atoms with van der Waals surface area (Å²) in [7, 11) is 0. The lowest BCUT2D eigenvalue weighted by molar-refractivity contribution is 0.256. The zero-order valence-electron chi connectivity index (χ0n) is 10.00. The van der Waals surface area contributed by atoms with E-state index >= 15 is 0 Å². The number of hydrogen-bond acceptors (Lipinski definition) is 3. The van der Waals surface area contributed by atoms with Gasteiger partial charge in [0.2, 0.25) is 0 Å². The van der Waals surface area contributed by atoms with Crippen LogP contribution < -0.4 is 10.6 Å². The van der Waals surface area contributed by atoms with E-state index in [-0.39, 0.29) is 0 Å². The summed E-state index contributed by atoms with van der Waals surface area (Å²) in [6.07, 6.45) is 0.774. The van der Waals surface area contributed by atoms with Crippen LogP contribution in [0, 0.1) is 0 Å². The Labute approximate surface area is 122 Å². The van der Waals surface area contributed by atoms with Crippen molar-refractivity contribution >= 4 is 42.7 Å². The van der Waals surface area contributed by atoms with Crippen molar-refractivity contribution in [3.05, 3.63) is 47.5 Å². The number of amides is 2. The first kappa shape index (κ1) is 12.4. The Morgan fingerprint density at radius 3 is 1.89 bits per heavy atom. The second kappa shape index (κ2) is 4.51. The van der Waals surface area contributed by atoms with Crippen molar-refractivity contribution < 1.29 is 4.79 Å². The number of fused-ring (bicyclic) bond motifs is 2. The Balaban J connectivity index is 2.25. The number of nitrogens with zero attached hydrogens (tertiary/aromatic N) is 1. The van der Waals surface area contributed by atoms with Crippen molar-refractivity contribution in [1.82, 2.24) is 0 Å². The minimum Gasteiger partial charge on any atom is -0.351 e. The molecule has 3 nitrogen and oxygen atoms in total. The van der Waals surface area contributed by atoms with Gasteiger partial charge in [0.1, 0.15) is 0 Å². The molecular formula is C14H12N2OS2. The first-order valence-electron chi connectivity index (χ1n) is 5.79. The van der Waals surface area contributed by atoms with Crippen LogP contribution in [0.4, 0.5) is 16.2 Å². The average Bonchev–Trinajstić information content (AvgIpc) is 2.35. The molecule has 1 aliphatic rings. The van der Waals surface area contributed by atoms with Gasteiger partial charge in [0, 0.05) is 16.2 Å². The maximum atomic E-state index is 11.8. The number of carbonyl (C=O) groups is 1. The summed E-state index contributed by atoms with van der Waals surface area (Å²) in [6.45, 7) is 0. The molecule has 3 rings (SSSR count). The SMILES string of the molecule is NC(=O)N1c2cc(S)ccc2Cc2ccc(S)cc21. The number of hydrogen-bond donors (Lipinski definition) is 3. The van der Waals surface area contributed by atoms with Crippen LogP contribution in [0.15, 0.2) is 46.2 Å². The molecule has 2 N–H and O–H groups in total. The second-order valence-electron chi connectivity index (χ2n) is 4.48. The van der Waals surface area contributed by atoms with E-state index in [4.69, 9.17) is 5.73 Å². The van der Waals surface area contributed by atoms with Gasteiger partial charge in [-0.05, 0) is 35.4 Å². The van der Waals surface area contributed by atoms with Gasteiger partial charge < -0.3 is 5.73 Å². The van der Waals surface area contributed by atoms with Crippen molar-refractivity contribution in [2.24, 2.45) is 5.73 Å². The smallest absolute Gasteiger partial charge is 0.323 e. The molecule has 1 heterocycles. The molecule has 2 amide bonds. The summed E-state index contributed by atoms with van der Waals surface area (Å²) in [6, 6.07) is 11.0. The predicted octanol–water partition coefficient (Wildman–Crippen LogP) is 3.39. The van der Waals surface area contributed by atoms with Crippen molar-refractivity contribution in [3.8, 4) is 0 Å². The number of primary amides is 1. The van der Waals surface area contributed by atoms with E-state index in [2.05, 4.69) is 25.3 Å². The van der Waals surface area contributed by atoms with Crippen LogP contribution in [0.25, 0.3) is 0 Å². The first-order valence-corrected chi connectivity index (χ1v) is 6.69. The fourth-order valence-electron chi connectivity index (χ4n) is 2.39. The maximum absolute atomic E-state index is 11.8. The Morgan fingerprint density at radius 1 is 1.00 bits per heavy atom. The van der Waals surface area contributed by atoms with Crippen LogP contribution in [0.5, 0.6) is 0 Å². The van der Waals surface area contributed by atoms with Crippen molar-refractivity contribution in [1.29, 1.82) is 0 Å². The quantitative estimate of drug-likeness (QED) is 0.639. The molecule has 0 spiro atoms. The van der Waals surface area contributed by atoms with Crippen LogP contribution >= 0.6 is 25.3 Å². The topological polar surface area (TPSA) is 46.3 Å². The van der Waals surface area contributed by atoms with E-state index in [0.717, 1.165) is 38.7 Å². The van der Waals surface area contributed by atoms with Gasteiger partial charge in [0.25, 0.3) is 0 Å². The molecule has 96 valence electrons. The maximum Gasteiger partial charge on any atom is 0.323 e. The zero-order chi connectivity index (χ0) is 13.6. The third kappa shape index (κ3) is 2.09. The van der Waals surface area contributed by atoms with Crippen LogP contribution in [0.2, 0.25) is 0 Å². The summed E-state index contributed by atoms with van der Waals surface area (Å²) in [5.74, 6) is 0. The lowest BCUT2D eigenvalue weighted by Crippen LogP contribution is -2.34. The number of urea groups is 1. The number of anilines is 2. The number of thiol groups is 2. The molecule has 19 heavy (non-hydrogen) atoms.